The third-order valence-electron chi connectivity index (χ3n) is 2.99. The van der Waals surface area contributed by atoms with Gasteiger partial charge in [-0.05, 0) is 24.1 Å². The Morgan fingerprint density at radius 1 is 1.53 bits per heavy atom. The summed E-state index contributed by atoms with van der Waals surface area (Å²) in [4.78, 5) is 14.1. The van der Waals surface area contributed by atoms with E-state index in [1.165, 1.54) is 16.1 Å². The number of benzene rings is 1. The van der Waals surface area contributed by atoms with Gasteiger partial charge < -0.3 is 10.0 Å². The Kier molecular flexibility index (Phi) is 3.94. The molecule has 1 aromatic rings. The number of carbonyl (C=O) groups is 1. The fourth-order valence-electron chi connectivity index (χ4n) is 2.00. The molecule has 0 atom stereocenters. The highest BCUT2D eigenvalue weighted by Gasteiger charge is 2.17. The van der Waals surface area contributed by atoms with E-state index in [9.17, 15) is 4.79 Å². The van der Waals surface area contributed by atoms with Gasteiger partial charge >= 0.3 is 5.97 Å². The molecule has 0 unspecified atom stereocenters. The Bertz CT molecular complexity index is 420. The second kappa shape index (κ2) is 5.45. The van der Waals surface area contributed by atoms with Gasteiger partial charge in [0, 0.05) is 23.7 Å². The van der Waals surface area contributed by atoms with Gasteiger partial charge in [-0.1, -0.05) is 13.0 Å². The smallest absolute Gasteiger partial charge is 0.305 e. The maximum absolute atomic E-state index is 10.6. The van der Waals surface area contributed by atoms with Crippen LogP contribution in [0.5, 0.6) is 0 Å². The second-order valence-electron chi connectivity index (χ2n) is 4.13. The zero-order valence-corrected chi connectivity index (χ0v) is 10.8. The Hall–Kier alpha value is -1.16. The van der Waals surface area contributed by atoms with Gasteiger partial charge in [-0.3, -0.25) is 4.79 Å². The Labute approximate surface area is 106 Å². The minimum absolute atomic E-state index is 0.208. The normalized spacial score (nSPS) is 14.5. The first-order chi connectivity index (χ1) is 8.20. The van der Waals surface area contributed by atoms with E-state index in [0.29, 0.717) is 6.54 Å². The molecule has 2 rings (SSSR count). The number of fused-ring (bicyclic) bond motifs is 1. The van der Waals surface area contributed by atoms with Crippen molar-refractivity contribution in [3.05, 3.63) is 23.8 Å². The van der Waals surface area contributed by atoms with Crippen molar-refractivity contribution < 1.29 is 9.90 Å². The van der Waals surface area contributed by atoms with Crippen molar-refractivity contribution in [2.45, 2.75) is 24.7 Å². The van der Waals surface area contributed by atoms with E-state index in [2.05, 4.69) is 30.0 Å². The number of anilines is 1. The molecule has 1 aliphatic heterocycles. The second-order valence-corrected chi connectivity index (χ2v) is 5.27. The molecule has 0 aromatic heterocycles. The maximum Gasteiger partial charge on any atom is 0.305 e. The highest BCUT2D eigenvalue weighted by molar-refractivity contribution is 7.99. The molecule has 0 saturated carbocycles. The van der Waals surface area contributed by atoms with E-state index in [1.807, 2.05) is 11.8 Å². The summed E-state index contributed by atoms with van der Waals surface area (Å²) in [5.74, 6) is 0.315. The summed E-state index contributed by atoms with van der Waals surface area (Å²) in [6.45, 7) is 3.70. The number of hydrogen-bond donors (Lipinski definition) is 1. The van der Waals surface area contributed by atoms with Crippen LogP contribution >= 0.6 is 11.8 Å². The molecule has 0 saturated heterocycles. The summed E-state index contributed by atoms with van der Waals surface area (Å²) in [5, 5.41) is 8.74. The van der Waals surface area contributed by atoms with Crippen LogP contribution in [-0.2, 0) is 11.2 Å². The fourth-order valence-corrected chi connectivity index (χ4v) is 3.12. The molecule has 3 nitrogen and oxygen atoms in total. The fraction of sp³-hybridized carbons (Fsp3) is 0.462. The van der Waals surface area contributed by atoms with Crippen LogP contribution in [-0.4, -0.2) is 29.9 Å². The first-order valence-electron chi connectivity index (χ1n) is 5.93. The number of rotatable bonds is 4. The SMILES string of the molecule is CCc1ccc2c(c1)SCCN2CCC(=O)O. The van der Waals surface area contributed by atoms with Gasteiger partial charge in [0.15, 0.2) is 0 Å². The number of nitrogens with zero attached hydrogens (tertiary/aromatic N) is 1. The lowest BCUT2D eigenvalue weighted by molar-refractivity contribution is -0.136. The molecule has 0 fully saturated rings. The van der Waals surface area contributed by atoms with Crippen molar-refractivity contribution in [3.8, 4) is 0 Å². The molecule has 92 valence electrons. The van der Waals surface area contributed by atoms with E-state index in [1.54, 1.807) is 0 Å². The maximum atomic E-state index is 10.6. The first-order valence-corrected chi connectivity index (χ1v) is 6.91. The summed E-state index contributed by atoms with van der Waals surface area (Å²) in [6.07, 6.45) is 1.25. The Morgan fingerprint density at radius 2 is 2.35 bits per heavy atom. The summed E-state index contributed by atoms with van der Waals surface area (Å²) in [5.41, 5.74) is 2.54. The van der Waals surface area contributed by atoms with Crippen LogP contribution in [0.1, 0.15) is 18.9 Å². The summed E-state index contributed by atoms with van der Waals surface area (Å²) in [7, 11) is 0. The van der Waals surface area contributed by atoms with Crippen molar-refractivity contribution in [2.24, 2.45) is 0 Å². The third kappa shape index (κ3) is 2.94. The minimum Gasteiger partial charge on any atom is -0.481 e. The van der Waals surface area contributed by atoms with Gasteiger partial charge in [0.05, 0.1) is 12.1 Å². The monoisotopic (exact) mass is 251 g/mol. The molecule has 0 spiro atoms. The molecule has 1 aromatic carbocycles. The molecule has 1 aliphatic rings. The van der Waals surface area contributed by atoms with Crippen molar-refractivity contribution in [2.75, 3.05) is 23.7 Å². The van der Waals surface area contributed by atoms with Crippen molar-refractivity contribution in [3.63, 3.8) is 0 Å². The third-order valence-corrected chi connectivity index (χ3v) is 4.01. The van der Waals surface area contributed by atoms with Crippen molar-refractivity contribution >= 4 is 23.4 Å². The van der Waals surface area contributed by atoms with Crippen molar-refractivity contribution in [1.29, 1.82) is 0 Å². The van der Waals surface area contributed by atoms with E-state index in [0.717, 1.165) is 18.7 Å². The van der Waals surface area contributed by atoms with Gasteiger partial charge in [0.25, 0.3) is 0 Å². The van der Waals surface area contributed by atoms with E-state index in [-0.39, 0.29) is 6.42 Å². The predicted octanol–water partition coefficient (Wildman–Crippen LogP) is 2.64. The van der Waals surface area contributed by atoms with Crippen LogP contribution in [0.25, 0.3) is 0 Å². The first kappa shape index (κ1) is 12.3. The summed E-state index contributed by atoms with van der Waals surface area (Å²) < 4.78 is 0. The van der Waals surface area contributed by atoms with Crippen LogP contribution in [0.15, 0.2) is 23.1 Å². The molecule has 1 heterocycles. The van der Waals surface area contributed by atoms with Crippen LogP contribution < -0.4 is 4.90 Å². The molecule has 0 radical (unpaired) electrons. The average Bonchev–Trinajstić information content (AvgIpc) is 2.35. The summed E-state index contributed by atoms with van der Waals surface area (Å²) >= 11 is 1.87. The molecule has 4 heteroatoms. The van der Waals surface area contributed by atoms with E-state index < -0.39 is 5.97 Å². The van der Waals surface area contributed by atoms with Crippen LogP contribution in [0.3, 0.4) is 0 Å². The lowest BCUT2D eigenvalue weighted by atomic mass is 10.1. The van der Waals surface area contributed by atoms with Crippen LogP contribution in [0.4, 0.5) is 5.69 Å². The van der Waals surface area contributed by atoms with Gasteiger partial charge in [-0.25, -0.2) is 0 Å². The van der Waals surface area contributed by atoms with Crippen LogP contribution in [0.2, 0.25) is 0 Å². The van der Waals surface area contributed by atoms with Crippen LogP contribution in [0, 0.1) is 0 Å². The lowest BCUT2D eigenvalue weighted by Crippen LogP contribution is -2.31. The zero-order valence-electron chi connectivity index (χ0n) is 9.98. The Balaban J connectivity index is 2.16. The topological polar surface area (TPSA) is 40.5 Å². The summed E-state index contributed by atoms with van der Waals surface area (Å²) in [6, 6.07) is 6.49. The van der Waals surface area contributed by atoms with E-state index >= 15 is 0 Å². The lowest BCUT2D eigenvalue weighted by Gasteiger charge is -2.30. The highest BCUT2D eigenvalue weighted by Crippen LogP contribution is 2.35. The van der Waals surface area contributed by atoms with Gasteiger partial charge in [-0.2, -0.15) is 0 Å². The number of aliphatic carboxylic acids is 1. The molecule has 17 heavy (non-hydrogen) atoms. The van der Waals surface area contributed by atoms with Gasteiger partial charge in [0.1, 0.15) is 0 Å². The minimum atomic E-state index is -0.727. The number of thioether (sulfide) groups is 1. The number of aryl methyl sites for hydroxylation is 1. The number of carboxylic acids is 1. The largest absolute Gasteiger partial charge is 0.481 e. The van der Waals surface area contributed by atoms with Gasteiger partial charge in [-0.15, -0.1) is 11.8 Å². The number of carboxylic acid groups (broad SMARTS) is 1. The highest BCUT2D eigenvalue weighted by atomic mass is 32.2. The molecule has 0 aliphatic carbocycles. The average molecular weight is 251 g/mol. The number of hydrogen-bond acceptors (Lipinski definition) is 3. The predicted molar refractivity (Wildman–Crippen MR) is 71.0 cm³/mol. The molecule has 0 bridgehead atoms. The Morgan fingerprint density at radius 3 is 3.06 bits per heavy atom. The van der Waals surface area contributed by atoms with Crippen molar-refractivity contribution in [1.82, 2.24) is 0 Å². The zero-order chi connectivity index (χ0) is 12.3. The van der Waals surface area contributed by atoms with Gasteiger partial charge in [0.2, 0.25) is 0 Å². The molecule has 0 amide bonds. The van der Waals surface area contributed by atoms with E-state index in [4.69, 9.17) is 5.11 Å². The standard InChI is InChI=1S/C13H17NO2S/c1-2-10-3-4-11-12(9-10)17-8-7-14(11)6-5-13(15)16/h3-4,9H,2,5-8H2,1H3,(H,15,16). The molecular formula is C13H17NO2S. The quantitative estimate of drug-likeness (QED) is 0.893. The molecular weight excluding hydrogens is 234 g/mol. The molecule has 1 N–H and O–H groups in total.